The SMILES string of the molecule is CCOc1ccc(OCC)c(C(=O)c2nc3c(n2O)CCCC3)c1. The van der Waals surface area contributed by atoms with Gasteiger partial charge in [0.1, 0.15) is 11.5 Å². The molecule has 0 bridgehead atoms. The number of ether oxygens (including phenoxy) is 2. The minimum Gasteiger partial charge on any atom is -0.494 e. The zero-order valence-electron chi connectivity index (χ0n) is 14.0. The molecule has 0 atom stereocenters. The fraction of sp³-hybridized carbons (Fsp3) is 0.444. The summed E-state index contributed by atoms with van der Waals surface area (Å²) < 4.78 is 12.0. The third-order valence-corrected chi connectivity index (χ3v) is 4.12. The van der Waals surface area contributed by atoms with Crippen molar-refractivity contribution in [2.75, 3.05) is 13.2 Å². The summed E-state index contributed by atoms with van der Waals surface area (Å²) in [6.45, 7) is 4.69. The van der Waals surface area contributed by atoms with Crippen LogP contribution in [0.25, 0.3) is 0 Å². The zero-order valence-corrected chi connectivity index (χ0v) is 14.0. The molecule has 1 aromatic carbocycles. The number of carbonyl (C=O) groups is 1. The Morgan fingerprint density at radius 2 is 1.96 bits per heavy atom. The summed E-state index contributed by atoms with van der Waals surface area (Å²) in [7, 11) is 0. The standard InChI is InChI=1S/C18H22N2O4/c1-3-23-12-9-10-16(24-4-2)13(11-12)17(21)18-19-14-7-5-6-8-15(14)20(18)22/h9-11,22H,3-8H2,1-2H3. The molecule has 1 aliphatic carbocycles. The van der Waals surface area contributed by atoms with Crippen molar-refractivity contribution >= 4 is 5.78 Å². The summed E-state index contributed by atoms with van der Waals surface area (Å²) in [6.07, 6.45) is 3.56. The van der Waals surface area contributed by atoms with Gasteiger partial charge in [0.25, 0.3) is 0 Å². The summed E-state index contributed by atoms with van der Waals surface area (Å²) in [5.74, 6) is 0.727. The number of imidazole rings is 1. The topological polar surface area (TPSA) is 73.6 Å². The Balaban J connectivity index is 2.02. The lowest BCUT2D eigenvalue weighted by molar-refractivity contribution is 0.0966. The van der Waals surface area contributed by atoms with Gasteiger partial charge < -0.3 is 14.7 Å². The van der Waals surface area contributed by atoms with E-state index in [1.165, 1.54) is 0 Å². The number of benzene rings is 1. The van der Waals surface area contributed by atoms with Crippen LogP contribution in [0.1, 0.15) is 54.3 Å². The van der Waals surface area contributed by atoms with E-state index in [0.717, 1.165) is 41.8 Å². The van der Waals surface area contributed by atoms with Gasteiger partial charge in [0.2, 0.25) is 11.6 Å². The normalized spacial score (nSPS) is 13.4. The maximum absolute atomic E-state index is 13.0. The first-order chi connectivity index (χ1) is 11.7. The van der Waals surface area contributed by atoms with E-state index in [-0.39, 0.29) is 11.6 Å². The van der Waals surface area contributed by atoms with E-state index in [2.05, 4.69) is 4.98 Å². The largest absolute Gasteiger partial charge is 0.494 e. The highest BCUT2D eigenvalue weighted by atomic mass is 16.5. The second-order valence-corrected chi connectivity index (χ2v) is 5.70. The Bertz CT molecular complexity index is 752. The number of aromatic nitrogens is 2. The highest BCUT2D eigenvalue weighted by molar-refractivity contribution is 6.09. The molecule has 2 aromatic rings. The van der Waals surface area contributed by atoms with E-state index in [1.807, 2.05) is 13.8 Å². The van der Waals surface area contributed by atoms with Gasteiger partial charge in [-0.15, -0.1) is 0 Å². The molecule has 1 heterocycles. The quantitative estimate of drug-likeness (QED) is 0.651. The van der Waals surface area contributed by atoms with Crippen LogP contribution >= 0.6 is 0 Å². The van der Waals surface area contributed by atoms with Gasteiger partial charge in [0.15, 0.2) is 0 Å². The fourth-order valence-corrected chi connectivity index (χ4v) is 3.02. The molecule has 6 heteroatoms. The van der Waals surface area contributed by atoms with Gasteiger partial charge >= 0.3 is 0 Å². The molecule has 0 saturated carbocycles. The van der Waals surface area contributed by atoms with Crippen molar-refractivity contribution in [1.82, 2.24) is 9.71 Å². The van der Waals surface area contributed by atoms with Crippen molar-refractivity contribution in [1.29, 1.82) is 0 Å². The molecule has 1 N–H and O–H groups in total. The molecule has 0 spiro atoms. The molecule has 1 aliphatic rings. The molecule has 0 fully saturated rings. The molecular formula is C18H22N2O4. The highest BCUT2D eigenvalue weighted by Gasteiger charge is 2.26. The smallest absolute Gasteiger partial charge is 0.235 e. The zero-order chi connectivity index (χ0) is 17.1. The van der Waals surface area contributed by atoms with Crippen molar-refractivity contribution < 1.29 is 19.5 Å². The second-order valence-electron chi connectivity index (χ2n) is 5.70. The first-order valence-corrected chi connectivity index (χ1v) is 8.39. The molecule has 0 radical (unpaired) electrons. The molecule has 3 rings (SSSR count). The third kappa shape index (κ3) is 2.96. The summed E-state index contributed by atoms with van der Waals surface area (Å²) in [5, 5.41) is 10.4. The van der Waals surface area contributed by atoms with Gasteiger partial charge in [-0.3, -0.25) is 4.79 Å². The van der Waals surface area contributed by atoms with Crippen molar-refractivity contribution in [3.63, 3.8) is 0 Å². The molecule has 0 unspecified atom stereocenters. The van der Waals surface area contributed by atoms with Crippen molar-refractivity contribution in [2.24, 2.45) is 0 Å². The molecule has 1 aromatic heterocycles. The lowest BCUT2D eigenvalue weighted by atomic mass is 10.0. The number of nitrogens with zero attached hydrogens (tertiary/aromatic N) is 2. The van der Waals surface area contributed by atoms with E-state index < -0.39 is 0 Å². The van der Waals surface area contributed by atoms with Crippen LogP contribution in [-0.2, 0) is 12.8 Å². The van der Waals surface area contributed by atoms with Crippen LogP contribution in [0.3, 0.4) is 0 Å². The Morgan fingerprint density at radius 1 is 1.21 bits per heavy atom. The summed E-state index contributed by atoms with van der Waals surface area (Å²) in [5.41, 5.74) is 1.90. The van der Waals surface area contributed by atoms with E-state index in [4.69, 9.17) is 9.47 Å². The number of ketones is 1. The van der Waals surface area contributed by atoms with Crippen LogP contribution in [0.15, 0.2) is 18.2 Å². The van der Waals surface area contributed by atoms with Gasteiger partial charge in [-0.25, -0.2) is 4.98 Å². The van der Waals surface area contributed by atoms with E-state index >= 15 is 0 Å². The first kappa shape index (κ1) is 16.4. The van der Waals surface area contributed by atoms with Crippen LogP contribution in [0, 0.1) is 0 Å². The molecular weight excluding hydrogens is 308 g/mol. The molecule has 128 valence electrons. The Labute approximate surface area is 141 Å². The van der Waals surface area contributed by atoms with Crippen molar-refractivity contribution in [3.05, 3.63) is 41.0 Å². The molecule has 0 amide bonds. The fourth-order valence-electron chi connectivity index (χ4n) is 3.02. The monoisotopic (exact) mass is 330 g/mol. The Kier molecular flexibility index (Phi) is 4.74. The number of hydrogen-bond acceptors (Lipinski definition) is 5. The van der Waals surface area contributed by atoms with Gasteiger partial charge in [0.05, 0.1) is 30.2 Å². The molecule has 24 heavy (non-hydrogen) atoms. The number of rotatable bonds is 6. The number of hydrogen-bond donors (Lipinski definition) is 1. The predicted octanol–water partition coefficient (Wildman–Crippen LogP) is 3.03. The summed E-state index contributed by atoms with van der Waals surface area (Å²) >= 11 is 0. The van der Waals surface area contributed by atoms with E-state index in [1.54, 1.807) is 18.2 Å². The predicted molar refractivity (Wildman–Crippen MR) is 88.3 cm³/mol. The minimum absolute atomic E-state index is 0.0384. The second kappa shape index (κ2) is 6.95. The van der Waals surface area contributed by atoms with Crippen LogP contribution < -0.4 is 9.47 Å². The average Bonchev–Trinajstić information content (AvgIpc) is 2.93. The molecule has 0 saturated heterocycles. The van der Waals surface area contributed by atoms with E-state index in [9.17, 15) is 10.0 Å². The summed E-state index contributed by atoms with van der Waals surface area (Å²) in [6, 6.07) is 5.12. The minimum atomic E-state index is -0.364. The van der Waals surface area contributed by atoms with Crippen molar-refractivity contribution in [2.45, 2.75) is 39.5 Å². The molecule has 0 aliphatic heterocycles. The summed E-state index contributed by atoms with van der Waals surface area (Å²) in [4.78, 5) is 17.3. The van der Waals surface area contributed by atoms with Gasteiger partial charge in [-0.05, 0) is 57.7 Å². The third-order valence-electron chi connectivity index (χ3n) is 4.12. The molecule has 6 nitrogen and oxygen atoms in total. The number of carbonyl (C=O) groups excluding carboxylic acids is 1. The van der Waals surface area contributed by atoms with Crippen LogP contribution in [0.2, 0.25) is 0 Å². The lowest BCUT2D eigenvalue weighted by Gasteiger charge is -2.12. The average molecular weight is 330 g/mol. The Hall–Kier alpha value is -2.50. The maximum atomic E-state index is 13.0. The van der Waals surface area contributed by atoms with Gasteiger partial charge in [0, 0.05) is 0 Å². The van der Waals surface area contributed by atoms with Crippen LogP contribution in [0.4, 0.5) is 0 Å². The van der Waals surface area contributed by atoms with Crippen molar-refractivity contribution in [3.8, 4) is 11.5 Å². The number of fused-ring (bicyclic) bond motifs is 1. The lowest BCUT2D eigenvalue weighted by Crippen LogP contribution is -2.13. The number of aryl methyl sites for hydroxylation is 1. The Morgan fingerprint density at radius 3 is 2.67 bits per heavy atom. The van der Waals surface area contributed by atoms with Gasteiger partial charge in [-0.1, -0.05) is 0 Å². The first-order valence-electron chi connectivity index (χ1n) is 8.39. The van der Waals surface area contributed by atoms with Crippen LogP contribution in [0.5, 0.6) is 11.5 Å². The maximum Gasteiger partial charge on any atom is 0.235 e. The van der Waals surface area contributed by atoms with Crippen LogP contribution in [-0.4, -0.2) is 33.9 Å². The van der Waals surface area contributed by atoms with Gasteiger partial charge in [-0.2, -0.15) is 4.73 Å². The van der Waals surface area contributed by atoms with E-state index in [0.29, 0.717) is 30.3 Å². The highest BCUT2D eigenvalue weighted by Crippen LogP contribution is 2.28.